The summed E-state index contributed by atoms with van der Waals surface area (Å²) >= 11 is 6.21. The maximum Gasteiger partial charge on any atom is 0.255 e. The molecule has 3 aromatic heterocycles. The number of nitrogens with two attached hydrogens (primary N) is 1. The third-order valence-electron chi connectivity index (χ3n) is 7.26. The second kappa shape index (κ2) is 11.6. The molecule has 1 amide bonds. The van der Waals surface area contributed by atoms with E-state index in [1.807, 2.05) is 6.07 Å². The lowest BCUT2D eigenvalue weighted by molar-refractivity contribution is 0.0917. The number of carbonyl (C=O) groups excluding carboxylic acids is 1. The highest BCUT2D eigenvalue weighted by Crippen LogP contribution is 2.37. The molecule has 0 radical (unpaired) electrons. The molecule has 12 heteroatoms. The summed E-state index contributed by atoms with van der Waals surface area (Å²) in [5.41, 5.74) is 8.38. The minimum Gasteiger partial charge on any atom is -0.491 e. The molecule has 0 saturated heterocycles. The first-order valence-corrected chi connectivity index (χ1v) is 13.8. The van der Waals surface area contributed by atoms with Crippen LogP contribution in [0.4, 0.5) is 4.39 Å². The summed E-state index contributed by atoms with van der Waals surface area (Å²) in [5.74, 6) is 0.833. The number of fused-ring (bicyclic) bond motifs is 1. The second-order valence-corrected chi connectivity index (χ2v) is 10.4. The van der Waals surface area contributed by atoms with Crippen LogP contribution in [0.25, 0.3) is 33.9 Å². The van der Waals surface area contributed by atoms with Gasteiger partial charge in [0.1, 0.15) is 41.5 Å². The first-order chi connectivity index (χ1) is 20.0. The molecule has 4 N–H and O–H groups in total. The van der Waals surface area contributed by atoms with E-state index in [4.69, 9.17) is 27.1 Å². The lowest BCUT2D eigenvalue weighted by Gasteiger charge is -2.32. The maximum absolute atomic E-state index is 15.1. The molecule has 5 aromatic rings. The SMILES string of the molecule is NCCOc1ccc(Cl)cc1C(=O)N[C@H]1CCC[C@@H](n2c(-c3ccccc3F)nc3cnc(-c4ncn[nH]4)cc32)C1. The van der Waals surface area contributed by atoms with E-state index in [1.54, 1.807) is 42.6 Å². The van der Waals surface area contributed by atoms with Crippen LogP contribution in [0.15, 0.2) is 61.1 Å². The highest BCUT2D eigenvalue weighted by molar-refractivity contribution is 6.31. The number of amides is 1. The maximum atomic E-state index is 15.1. The van der Waals surface area contributed by atoms with E-state index in [2.05, 4.69) is 30.0 Å². The quantitative estimate of drug-likeness (QED) is 0.239. The Hall–Kier alpha value is -4.35. The monoisotopic (exact) mass is 574 g/mol. The molecule has 210 valence electrons. The van der Waals surface area contributed by atoms with Gasteiger partial charge in [-0.15, -0.1) is 0 Å². The van der Waals surface area contributed by atoms with E-state index in [1.165, 1.54) is 12.4 Å². The number of imidazole rings is 1. The van der Waals surface area contributed by atoms with Gasteiger partial charge in [0.2, 0.25) is 0 Å². The van der Waals surface area contributed by atoms with E-state index in [0.717, 1.165) is 24.8 Å². The lowest BCUT2D eigenvalue weighted by atomic mass is 9.90. The third-order valence-corrected chi connectivity index (χ3v) is 7.49. The van der Waals surface area contributed by atoms with Crippen LogP contribution in [0.1, 0.15) is 42.1 Å². The number of aromatic nitrogens is 6. The summed E-state index contributed by atoms with van der Waals surface area (Å²) in [6.45, 7) is 0.607. The predicted octanol–water partition coefficient (Wildman–Crippen LogP) is 4.93. The summed E-state index contributed by atoms with van der Waals surface area (Å²) in [6.07, 6.45) is 6.20. The van der Waals surface area contributed by atoms with Crippen LogP contribution in [0.5, 0.6) is 5.75 Å². The number of nitrogens with zero attached hydrogens (tertiary/aromatic N) is 5. The third kappa shape index (κ3) is 5.50. The molecule has 2 atom stereocenters. The molecule has 1 aliphatic carbocycles. The number of ether oxygens (including phenoxy) is 1. The normalized spacial score (nSPS) is 17.0. The van der Waals surface area contributed by atoms with E-state index < -0.39 is 0 Å². The lowest BCUT2D eigenvalue weighted by Crippen LogP contribution is -2.39. The highest BCUT2D eigenvalue weighted by atomic mass is 35.5. The van der Waals surface area contributed by atoms with E-state index in [-0.39, 0.29) is 30.4 Å². The zero-order valence-electron chi connectivity index (χ0n) is 22.1. The number of benzene rings is 2. The molecule has 10 nitrogen and oxygen atoms in total. The van der Waals surface area contributed by atoms with Crippen molar-refractivity contribution in [1.29, 1.82) is 0 Å². The van der Waals surface area contributed by atoms with Crippen molar-refractivity contribution >= 4 is 28.5 Å². The first kappa shape index (κ1) is 26.9. The standard InChI is InChI=1S/C29H28ClFN8O2/c30-17-8-9-26(41-11-10-32)21(12-17)29(40)36-18-4-3-5-19(13-18)39-25-14-23(27-34-16-35-38-27)33-15-24(25)37-28(39)20-6-1-2-7-22(20)31/h1-2,6-9,12,14-16,18-19H,3-5,10-11,13,32H2,(H,36,40)(H,34,35,38)/t18-,19+/m0/s1. The molecule has 6 rings (SSSR count). The van der Waals surface area contributed by atoms with Crippen molar-refractivity contribution in [3.63, 3.8) is 0 Å². The Labute approximate surface area is 240 Å². The van der Waals surface area contributed by atoms with Gasteiger partial charge in [0.05, 0.1) is 22.8 Å². The highest BCUT2D eigenvalue weighted by Gasteiger charge is 2.30. The van der Waals surface area contributed by atoms with Crippen molar-refractivity contribution in [2.45, 2.75) is 37.8 Å². The summed E-state index contributed by atoms with van der Waals surface area (Å²) in [5, 5.41) is 10.4. The van der Waals surface area contributed by atoms with Crippen LogP contribution < -0.4 is 15.8 Å². The molecule has 0 aliphatic heterocycles. The Morgan fingerprint density at radius 3 is 2.88 bits per heavy atom. The van der Waals surface area contributed by atoms with Crippen LogP contribution in [0.3, 0.4) is 0 Å². The van der Waals surface area contributed by atoms with Crippen LogP contribution in [-0.4, -0.2) is 54.8 Å². The van der Waals surface area contributed by atoms with Gasteiger partial charge < -0.3 is 20.4 Å². The molecule has 41 heavy (non-hydrogen) atoms. The number of carbonyl (C=O) groups is 1. The number of hydrogen-bond donors (Lipinski definition) is 3. The summed E-state index contributed by atoms with van der Waals surface area (Å²) < 4.78 is 22.8. The number of halogens is 2. The van der Waals surface area contributed by atoms with Crippen molar-refractivity contribution in [2.75, 3.05) is 13.2 Å². The van der Waals surface area contributed by atoms with Crippen LogP contribution >= 0.6 is 11.6 Å². The Morgan fingerprint density at radius 2 is 2.07 bits per heavy atom. The molecule has 3 heterocycles. The number of pyridine rings is 1. The van der Waals surface area contributed by atoms with Gasteiger partial charge in [-0.2, -0.15) is 5.10 Å². The molecule has 0 bridgehead atoms. The van der Waals surface area contributed by atoms with Gasteiger partial charge in [0, 0.05) is 23.7 Å². The van der Waals surface area contributed by atoms with Crippen molar-refractivity contribution < 1.29 is 13.9 Å². The molecular weight excluding hydrogens is 547 g/mol. The van der Waals surface area contributed by atoms with Gasteiger partial charge >= 0.3 is 0 Å². The van der Waals surface area contributed by atoms with Crippen molar-refractivity contribution in [3.8, 4) is 28.7 Å². The summed E-state index contributed by atoms with van der Waals surface area (Å²) in [7, 11) is 0. The first-order valence-electron chi connectivity index (χ1n) is 13.4. The summed E-state index contributed by atoms with van der Waals surface area (Å²) in [6, 6.07) is 13.2. The largest absolute Gasteiger partial charge is 0.491 e. The average molecular weight is 575 g/mol. The van der Waals surface area contributed by atoms with Gasteiger partial charge in [-0.25, -0.2) is 14.4 Å². The second-order valence-electron chi connectivity index (χ2n) is 9.95. The van der Waals surface area contributed by atoms with Crippen molar-refractivity contribution in [2.24, 2.45) is 5.73 Å². The van der Waals surface area contributed by atoms with Crippen LogP contribution in [-0.2, 0) is 0 Å². The number of aromatic amines is 1. The zero-order valence-corrected chi connectivity index (χ0v) is 22.8. The number of nitrogens with one attached hydrogen (secondary N) is 2. The van der Waals surface area contributed by atoms with Gasteiger partial charge in [-0.1, -0.05) is 23.7 Å². The number of H-pyrrole nitrogens is 1. The van der Waals surface area contributed by atoms with Gasteiger partial charge in [0.25, 0.3) is 5.91 Å². The van der Waals surface area contributed by atoms with Crippen molar-refractivity contribution in [1.82, 2.24) is 35.0 Å². The van der Waals surface area contributed by atoms with E-state index in [0.29, 0.717) is 57.7 Å². The van der Waals surface area contributed by atoms with Crippen molar-refractivity contribution in [3.05, 3.63) is 77.5 Å². The van der Waals surface area contributed by atoms with E-state index in [9.17, 15) is 4.79 Å². The molecular formula is C29H28ClFN8O2. The number of hydrogen-bond acceptors (Lipinski definition) is 7. The Bertz CT molecular complexity index is 1690. The fourth-order valence-corrected chi connectivity index (χ4v) is 5.60. The van der Waals surface area contributed by atoms with Crippen LogP contribution in [0, 0.1) is 5.82 Å². The smallest absolute Gasteiger partial charge is 0.255 e. The average Bonchev–Trinajstić information content (AvgIpc) is 3.65. The fraction of sp³-hybridized carbons (Fsp3) is 0.276. The Morgan fingerprint density at radius 1 is 1.20 bits per heavy atom. The molecule has 2 aromatic carbocycles. The van der Waals surface area contributed by atoms with Gasteiger partial charge in [-0.3, -0.25) is 14.9 Å². The fourth-order valence-electron chi connectivity index (χ4n) is 5.43. The minimum atomic E-state index is -0.362. The zero-order chi connectivity index (χ0) is 28.3. The van der Waals surface area contributed by atoms with Crippen LogP contribution in [0.2, 0.25) is 5.02 Å². The van der Waals surface area contributed by atoms with E-state index >= 15 is 4.39 Å². The molecule has 1 fully saturated rings. The molecule has 1 saturated carbocycles. The topological polar surface area (TPSA) is 137 Å². The molecule has 1 aliphatic rings. The van der Waals surface area contributed by atoms with Gasteiger partial charge in [0.15, 0.2) is 5.82 Å². The Kier molecular flexibility index (Phi) is 7.62. The predicted molar refractivity (Wildman–Crippen MR) is 153 cm³/mol. The molecule has 0 spiro atoms. The van der Waals surface area contributed by atoms with Gasteiger partial charge in [-0.05, 0) is 62.1 Å². The number of rotatable bonds is 8. The molecule has 0 unspecified atom stereocenters. The Balaban J connectivity index is 1.35. The minimum absolute atomic E-state index is 0.0639. The summed E-state index contributed by atoms with van der Waals surface area (Å²) in [4.78, 5) is 26.9.